The van der Waals surface area contributed by atoms with Crippen LogP contribution in [-0.2, 0) is 27.4 Å². The van der Waals surface area contributed by atoms with Crippen LogP contribution in [0.1, 0.15) is 59.1 Å². The average molecular weight is 540 g/mol. The molecule has 0 spiro atoms. The molecule has 3 amide bonds. The molecule has 2 aromatic carbocycles. The Bertz CT molecular complexity index is 1050. The summed E-state index contributed by atoms with van der Waals surface area (Å²) in [5.74, 6) is 0.194. The first-order chi connectivity index (χ1) is 18.4. The third kappa shape index (κ3) is 11.5. The zero-order chi connectivity index (χ0) is 29.0. The number of rotatable bonds is 13. The Morgan fingerprint density at radius 1 is 0.949 bits per heavy atom. The van der Waals surface area contributed by atoms with E-state index in [-0.39, 0.29) is 31.5 Å². The lowest BCUT2D eigenvalue weighted by Crippen LogP contribution is -2.56. The van der Waals surface area contributed by atoms with Gasteiger partial charge < -0.3 is 14.8 Å². The molecule has 0 heterocycles. The van der Waals surface area contributed by atoms with Gasteiger partial charge in [-0.1, -0.05) is 56.3 Å². The predicted molar refractivity (Wildman–Crippen MR) is 153 cm³/mol. The molecular formula is C31H45N3O5. The molecule has 0 aliphatic carbocycles. The van der Waals surface area contributed by atoms with E-state index in [1.807, 2.05) is 89.2 Å². The van der Waals surface area contributed by atoms with E-state index in [2.05, 4.69) is 5.32 Å². The highest BCUT2D eigenvalue weighted by Crippen LogP contribution is 2.18. The van der Waals surface area contributed by atoms with Gasteiger partial charge in [0, 0.05) is 12.1 Å². The number of amides is 3. The number of hydrogen-bond acceptors (Lipinski definition) is 6. The lowest BCUT2D eigenvalue weighted by atomic mass is 10.0. The van der Waals surface area contributed by atoms with Crippen molar-refractivity contribution in [2.75, 3.05) is 26.7 Å². The molecule has 0 saturated carbocycles. The Morgan fingerprint density at radius 2 is 1.59 bits per heavy atom. The van der Waals surface area contributed by atoms with Gasteiger partial charge in [0.05, 0.1) is 19.2 Å². The van der Waals surface area contributed by atoms with E-state index in [4.69, 9.17) is 9.47 Å². The van der Waals surface area contributed by atoms with Crippen molar-refractivity contribution >= 4 is 17.9 Å². The van der Waals surface area contributed by atoms with Crippen LogP contribution < -0.4 is 10.1 Å². The normalized spacial score (nSPS) is 12.2. The van der Waals surface area contributed by atoms with Crippen molar-refractivity contribution in [3.8, 4) is 5.75 Å². The molecule has 8 nitrogen and oxygen atoms in total. The van der Waals surface area contributed by atoms with Gasteiger partial charge in [-0.05, 0) is 76.8 Å². The van der Waals surface area contributed by atoms with Gasteiger partial charge >= 0.3 is 12.0 Å². The number of nitrogens with zero attached hydrogens (tertiary/aromatic N) is 2. The molecule has 0 fully saturated rings. The van der Waals surface area contributed by atoms with Gasteiger partial charge in [0.1, 0.15) is 12.4 Å². The van der Waals surface area contributed by atoms with Crippen LogP contribution in [-0.4, -0.2) is 66.0 Å². The summed E-state index contributed by atoms with van der Waals surface area (Å²) in [6.45, 7) is 12.3. The molecule has 0 aliphatic heterocycles. The fraction of sp³-hybridized carbons (Fsp3) is 0.516. The van der Waals surface area contributed by atoms with E-state index in [0.29, 0.717) is 19.4 Å². The van der Waals surface area contributed by atoms with Crippen LogP contribution in [0.4, 0.5) is 4.79 Å². The van der Waals surface area contributed by atoms with Crippen LogP contribution in [0.25, 0.3) is 0 Å². The molecule has 2 aromatic rings. The fourth-order valence-electron chi connectivity index (χ4n) is 4.05. The van der Waals surface area contributed by atoms with Crippen LogP contribution in [0.3, 0.4) is 0 Å². The number of benzene rings is 2. The quantitative estimate of drug-likeness (QED) is 0.358. The van der Waals surface area contributed by atoms with Gasteiger partial charge in [0.2, 0.25) is 5.91 Å². The van der Waals surface area contributed by atoms with Crippen LogP contribution in [0.5, 0.6) is 5.75 Å². The molecule has 0 saturated heterocycles. The summed E-state index contributed by atoms with van der Waals surface area (Å²) < 4.78 is 11.0. The first-order valence-electron chi connectivity index (χ1n) is 13.6. The van der Waals surface area contributed by atoms with Crippen molar-refractivity contribution in [2.45, 2.75) is 72.6 Å². The highest BCUT2D eigenvalue weighted by Gasteiger charge is 2.34. The molecule has 39 heavy (non-hydrogen) atoms. The summed E-state index contributed by atoms with van der Waals surface area (Å²) in [5.41, 5.74) is 1.55. The standard InChI is InChI=1S/C31H45N3O5/c1-8-38-28(35)21-33(7)27(20-23(2)3)29(36)34(30(37)32-31(4,5)6)19-18-24-14-16-26(17-15-24)39-22-25-12-10-9-11-13-25/h9-17,23,27H,8,18-22H2,1-7H3,(H,32,37)/t27-/m0/s1. The third-order valence-electron chi connectivity index (χ3n) is 5.98. The average Bonchev–Trinajstić information content (AvgIpc) is 2.86. The molecule has 0 bridgehead atoms. The molecular weight excluding hydrogens is 494 g/mol. The zero-order valence-electron chi connectivity index (χ0n) is 24.5. The Balaban J connectivity index is 2.16. The number of carbonyl (C=O) groups excluding carboxylic acids is 3. The van der Waals surface area contributed by atoms with Gasteiger partial charge in [0.25, 0.3) is 0 Å². The highest BCUT2D eigenvalue weighted by molar-refractivity contribution is 5.97. The molecule has 1 atom stereocenters. The number of likely N-dealkylation sites (N-methyl/N-ethyl adjacent to an activating group) is 1. The first-order valence-corrected chi connectivity index (χ1v) is 13.6. The molecule has 8 heteroatoms. The maximum Gasteiger partial charge on any atom is 0.324 e. The van der Waals surface area contributed by atoms with Crippen LogP contribution in [0.15, 0.2) is 54.6 Å². The SMILES string of the molecule is CCOC(=O)CN(C)[C@@H](CC(C)C)C(=O)N(CCc1ccc(OCc2ccccc2)cc1)C(=O)NC(C)(C)C. The molecule has 0 aliphatic rings. The van der Waals surface area contributed by atoms with E-state index in [1.165, 1.54) is 4.90 Å². The number of urea groups is 1. The maximum absolute atomic E-state index is 13.8. The summed E-state index contributed by atoms with van der Waals surface area (Å²) >= 11 is 0. The minimum Gasteiger partial charge on any atom is -0.489 e. The van der Waals surface area contributed by atoms with Gasteiger partial charge in [-0.2, -0.15) is 0 Å². The van der Waals surface area contributed by atoms with Crippen molar-refractivity contribution in [1.82, 2.24) is 15.1 Å². The topological polar surface area (TPSA) is 88.2 Å². The Morgan fingerprint density at radius 3 is 2.15 bits per heavy atom. The molecule has 0 radical (unpaired) electrons. The van der Waals surface area contributed by atoms with Gasteiger partial charge in [-0.25, -0.2) is 4.79 Å². The molecule has 214 valence electrons. The second kappa shape index (κ2) is 15.3. The molecule has 1 N–H and O–H groups in total. The predicted octanol–water partition coefficient (Wildman–Crippen LogP) is 5.05. The minimum absolute atomic E-state index is 0.0316. The van der Waals surface area contributed by atoms with Crippen molar-refractivity contribution in [2.24, 2.45) is 5.92 Å². The van der Waals surface area contributed by atoms with E-state index in [9.17, 15) is 14.4 Å². The number of carbonyl (C=O) groups is 3. The second-order valence-electron chi connectivity index (χ2n) is 11.2. The largest absolute Gasteiger partial charge is 0.489 e. The number of esters is 1. The first kappa shape index (κ1) is 31.8. The van der Waals surface area contributed by atoms with Gasteiger partial charge in [-0.3, -0.25) is 19.4 Å². The number of imide groups is 1. The van der Waals surface area contributed by atoms with Crippen LogP contribution in [0.2, 0.25) is 0 Å². The highest BCUT2D eigenvalue weighted by atomic mass is 16.5. The maximum atomic E-state index is 13.8. The summed E-state index contributed by atoms with van der Waals surface area (Å²) in [7, 11) is 1.72. The van der Waals surface area contributed by atoms with Gasteiger partial charge in [0.15, 0.2) is 0 Å². The number of ether oxygens (including phenoxy) is 2. The van der Waals surface area contributed by atoms with E-state index < -0.39 is 23.6 Å². The Kier molecular flexibility index (Phi) is 12.5. The van der Waals surface area contributed by atoms with Crippen molar-refractivity contribution in [3.63, 3.8) is 0 Å². The smallest absolute Gasteiger partial charge is 0.324 e. The van der Waals surface area contributed by atoms with Crippen LogP contribution >= 0.6 is 0 Å². The summed E-state index contributed by atoms with van der Waals surface area (Å²) in [5, 5.41) is 2.92. The Hall–Kier alpha value is -3.39. The van der Waals surface area contributed by atoms with Crippen LogP contribution in [0, 0.1) is 5.92 Å². The van der Waals surface area contributed by atoms with E-state index >= 15 is 0 Å². The van der Waals surface area contributed by atoms with E-state index in [1.54, 1.807) is 18.9 Å². The molecule has 0 unspecified atom stereocenters. The van der Waals surface area contributed by atoms with E-state index in [0.717, 1.165) is 16.9 Å². The Labute approximate surface area is 233 Å². The monoisotopic (exact) mass is 539 g/mol. The fourth-order valence-corrected chi connectivity index (χ4v) is 4.05. The molecule has 2 rings (SSSR count). The van der Waals surface area contributed by atoms with Crippen molar-refractivity contribution < 1.29 is 23.9 Å². The zero-order valence-corrected chi connectivity index (χ0v) is 24.5. The minimum atomic E-state index is -0.645. The van der Waals surface area contributed by atoms with Crippen molar-refractivity contribution in [1.29, 1.82) is 0 Å². The second-order valence-corrected chi connectivity index (χ2v) is 11.2. The third-order valence-corrected chi connectivity index (χ3v) is 5.98. The molecule has 0 aromatic heterocycles. The number of hydrogen-bond donors (Lipinski definition) is 1. The lowest BCUT2D eigenvalue weighted by molar-refractivity contribution is -0.146. The van der Waals surface area contributed by atoms with Gasteiger partial charge in [-0.15, -0.1) is 0 Å². The summed E-state index contributed by atoms with van der Waals surface area (Å²) in [4.78, 5) is 42.2. The summed E-state index contributed by atoms with van der Waals surface area (Å²) in [6, 6.07) is 16.5. The summed E-state index contributed by atoms with van der Waals surface area (Å²) in [6.07, 6.45) is 0.986. The lowest BCUT2D eigenvalue weighted by Gasteiger charge is -2.33. The van der Waals surface area contributed by atoms with Crippen molar-refractivity contribution in [3.05, 3.63) is 65.7 Å². The number of nitrogens with one attached hydrogen (secondary N) is 1.